The first-order valence-electron chi connectivity index (χ1n) is 10.3. The van der Waals surface area contributed by atoms with E-state index in [9.17, 15) is 14.4 Å². The van der Waals surface area contributed by atoms with Crippen LogP contribution in [-0.4, -0.2) is 35.7 Å². The molecule has 1 saturated heterocycles. The predicted molar refractivity (Wildman–Crippen MR) is 112 cm³/mol. The first-order valence-corrected chi connectivity index (χ1v) is 10.3. The number of fused-ring (bicyclic) bond motifs is 2. The van der Waals surface area contributed by atoms with E-state index in [1.165, 1.54) is 18.5 Å². The molecule has 5 heterocycles. The number of nitrogens with zero attached hydrogens (tertiary/aromatic N) is 7. The summed E-state index contributed by atoms with van der Waals surface area (Å²) in [6, 6.07) is 4.62. The average molecular weight is 420 g/mol. The van der Waals surface area contributed by atoms with Gasteiger partial charge >= 0.3 is 0 Å². The molecule has 4 aromatic heterocycles. The van der Waals surface area contributed by atoms with E-state index in [0.29, 0.717) is 41.3 Å². The summed E-state index contributed by atoms with van der Waals surface area (Å²) < 4.78 is 17.1. The summed E-state index contributed by atoms with van der Waals surface area (Å²) in [7, 11) is 0. The van der Waals surface area contributed by atoms with Gasteiger partial charge in [0, 0.05) is 19.3 Å². The molecule has 158 valence electrons. The summed E-state index contributed by atoms with van der Waals surface area (Å²) in [6.07, 6.45) is 4.65. The highest BCUT2D eigenvalue weighted by Crippen LogP contribution is 2.38. The minimum Gasteiger partial charge on any atom is -0.346 e. The van der Waals surface area contributed by atoms with Crippen LogP contribution in [0, 0.1) is 23.2 Å². The van der Waals surface area contributed by atoms with Gasteiger partial charge in [0.15, 0.2) is 5.82 Å². The smallest absolute Gasteiger partial charge is 0.278 e. The summed E-state index contributed by atoms with van der Waals surface area (Å²) in [5, 5.41) is 14.7. The molecule has 0 saturated carbocycles. The van der Waals surface area contributed by atoms with E-state index >= 15 is 0 Å². The lowest BCUT2D eigenvalue weighted by Gasteiger charge is -2.28. The van der Waals surface area contributed by atoms with Gasteiger partial charge in [0.1, 0.15) is 29.4 Å². The Bertz CT molecular complexity index is 1390. The van der Waals surface area contributed by atoms with Crippen molar-refractivity contribution in [3.05, 3.63) is 52.3 Å². The highest BCUT2D eigenvalue weighted by atomic mass is 19.1. The fourth-order valence-electron chi connectivity index (χ4n) is 4.40. The molecule has 0 unspecified atom stereocenters. The number of rotatable bonds is 4. The quantitative estimate of drug-likeness (QED) is 0.544. The molecule has 0 spiro atoms. The van der Waals surface area contributed by atoms with Gasteiger partial charge in [0.05, 0.1) is 17.0 Å². The van der Waals surface area contributed by atoms with Gasteiger partial charge in [-0.15, -0.1) is 5.10 Å². The summed E-state index contributed by atoms with van der Waals surface area (Å²) in [6.45, 7) is 5.20. The van der Waals surface area contributed by atoms with E-state index in [0.717, 1.165) is 17.4 Å². The third-order valence-electron chi connectivity index (χ3n) is 5.69. The van der Waals surface area contributed by atoms with Crippen LogP contribution in [0.3, 0.4) is 0 Å². The molecule has 1 aliphatic rings. The number of hydrogen-bond donors (Lipinski definition) is 1. The van der Waals surface area contributed by atoms with Crippen molar-refractivity contribution in [1.82, 2.24) is 29.1 Å². The van der Waals surface area contributed by atoms with Gasteiger partial charge in [0.2, 0.25) is 5.95 Å². The van der Waals surface area contributed by atoms with Gasteiger partial charge in [-0.3, -0.25) is 9.36 Å². The van der Waals surface area contributed by atoms with Crippen molar-refractivity contribution in [2.24, 2.45) is 5.92 Å². The maximum atomic E-state index is 14.4. The molecule has 10 heteroatoms. The standard InChI is InChI=1S/C21H21FN8O/c1-12(2)10-29-19(27-30-15(21(29)31)5-6-16(30)22)14-4-3-7-28(14)20-17-13(8-23)9-24-18(17)25-11-26-20/h5-6,9,11-12,14H,3-4,7,10H2,1-2H3,(H,24,25,26)/t14-/m0/s1. The van der Waals surface area contributed by atoms with Crippen molar-refractivity contribution in [2.45, 2.75) is 39.3 Å². The number of anilines is 1. The summed E-state index contributed by atoms with van der Waals surface area (Å²) in [5.41, 5.74) is 0.984. The van der Waals surface area contributed by atoms with E-state index in [4.69, 9.17) is 0 Å². The molecule has 1 N–H and O–H groups in total. The number of H-pyrrole nitrogens is 1. The fourth-order valence-corrected chi connectivity index (χ4v) is 4.40. The Morgan fingerprint density at radius 3 is 2.97 bits per heavy atom. The Kier molecular flexibility index (Phi) is 4.46. The van der Waals surface area contributed by atoms with Crippen LogP contribution >= 0.6 is 0 Å². The van der Waals surface area contributed by atoms with Gasteiger partial charge in [-0.05, 0) is 30.9 Å². The Morgan fingerprint density at radius 1 is 1.35 bits per heavy atom. The van der Waals surface area contributed by atoms with Crippen LogP contribution in [0.1, 0.15) is 44.1 Å². The monoisotopic (exact) mass is 420 g/mol. The highest BCUT2D eigenvalue weighted by molar-refractivity contribution is 5.93. The van der Waals surface area contributed by atoms with Crippen LogP contribution in [0.5, 0.6) is 0 Å². The molecule has 1 atom stereocenters. The lowest BCUT2D eigenvalue weighted by atomic mass is 10.1. The molecule has 0 aromatic carbocycles. The molecule has 1 fully saturated rings. The lowest BCUT2D eigenvalue weighted by molar-refractivity contribution is 0.446. The number of nitrogens with one attached hydrogen (secondary N) is 1. The zero-order valence-electron chi connectivity index (χ0n) is 17.2. The molecule has 0 amide bonds. The number of nitriles is 1. The van der Waals surface area contributed by atoms with Crippen molar-refractivity contribution >= 4 is 22.4 Å². The molecular formula is C21H21FN8O. The van der Waals surface area contributed by atoms with Crippen molar-refractivity contribution in [3.8, 4) is 6.07 Å². The molecule has 4 aromatic rings. The molecule has 0 radical (unpaired) electrons. The Labute approximate surface area is 176 Å². The number of aromatic amines is 1. The van der Waals surface area contributed by atoms with Gasteiger partial charge in [0.25, 0.3) is 5.56 Å². The van der Waals surface area contributed by atoms with Gasteiger partial charge < -0.3 is 9.88 Å². The van der Waals surface area contributed by atoms with E-state index in [1.807, 2.05) is 18.7 Å². The first-order chi connectivity index (χ1) is 15.0. The van der Waals surface area contributed by atoms with Crippen LogP contribution in [0.4, 0.5) is 10.2 Å². The van der Waals surface area contributed by atoms with Gasteiger partial charge in [-0.25, -0.2) is 9.97 Å². The van der Waals surface area contributed by atoms with Crippen LogP contribution in [-0.2, 0) is 6.54 Å². The Hall–Kier alpha value is -3.74. The Balaban J connectivity index is 1.72. The summed E-state index contributed by atoms with van der Waals surface area (Å²) >= 11 is 0. The van der Waals surface area contributed by atoms with E-state index in [1.54, 1.807) is 10.8 Å². The van der Waals surface area contributed by atoms with Crippen LogP contribution < -0.4 is 10.5 Å². The maximum Gasteiger partial charge on any atom is 0.278 e. The number of aromatic nitrogens is 6. The van der Waals surface area contributed by atoms with Crippen molar-refractivity contribution in [1.29, 1.82) is 5.26 Å². The second-order valence-corrected chi connectivity index (χ2v) is 8.21. The first kappa shape index (κ1) is 19.2. The largest absolute Gasteiger partial charge is 0.346 e. The molecular weight excluding hydrogens is 399 g/mol. The molecule has 9 nitrogen and oxygen atoms in total. The normalized spacial score (nSPS) is 16.6. The second-order valence-electron chi connectivity index (χ2n) is 8.21. The van der Waals surface area contributed by atoms with Crippen molar-refractivity contribution < 1.29 is 4.39 Å². The van der Waals surface area contributed by atoms with Crippen molar-refractivity contribution in [2.75, 3.05) is 11.4 Å². The topological polar surface area (TPSA) is 108 Å². The van der Waals surface area contributed by atoms with Crippen molar-refractivity contribution in [3.63, 3.8) is 0 Å². The van der Waals surface area contributed by atoms with Crippen LogP contribution in [0.2, 0.25) is 0 Å². The molecule has 31 heavy (non-hydrogen) atoms. The predicted octanol–water partition coefficient (Wildman–Crippen LogP) is 2.78. The van der Waals surface area contributed by atoms with Crippen LogP contribution in [0.15, 0.2) is 29.5 Å². The molecule has 1 aliphatic heterocycles. The third kappa shape index (κ3) is 2.96. The third-order valence-corrected chi connectivity index (χ3v) is 5.69. The zero-order valence-corrected chi connectivity index (χ0v) is 17.2. The minimum absolute atomic E-state index is 0.205. The molecule has 5 rings (SSSR count). The fraction of sp³-hybridized carbons (Fsp3) is 0.381. The zero-order chi connectivity index (χ0) is 21.7. The highest BCUT2D eigenvalue weighted by Gasteiger charge is 2.34. The number of hydrogen-bond acceptors (Lipinski definition) is 6. The number of halogens is 1. The van der Waals surface area contributed by atoms with Gasteiger partial charge in [-0.1, -0.05) is 13.8 Å². The second kappa shape index (κ2) is 7.19. The van der Waals surface area contributed by atoms with Crippen LogP contribution in [0.25, 0.3) is 16.6 Å². The summed E-state index contributed by atoms with van der Waals surface area (Å²) in [5.74, 6) is 0.746. The molecule has 0 aliphatic carbocycles. The lowest BCUT2D eigenvalue weighted by Crippen LogP contribution is -2.35. The minimum atomic E-state index is -0.573. The van der Waals surface area contributed by atoms with E-state index in [2.05, 4.69) is 26.1 Å². The maximum absolute atomic E-state index is 14.4. The van der Waals surface area contributed by atoms with Gasteiger partial charge in [-0.2, -0.15) is 14.2 Å². The average Bonchev–Trinajstić information content (AvgIpc) is 3.48. The SMILES string of the molecule is CC(C)Cn1c([C@@H]2CCCN2c2ncnc3[nH]cc(C#N)c23)nn2c(F)ccc2c1=O. The van der Waals surface area contributed by atoms with E-state index in [-0.39, 0.29) is 23.0 Å². The summed E-state index contributed by atoms with van der Waals surface area (Å²) in [4.78, 5) is 27.0. The Morgan fingerprint density at radius 2 is 2.19 bits per heavy atom. The van der Waals surface area contributed by atoms with E-state index < -0.39 is 5.95 Å². The molecule has 0 bridgehead atoms.